The molecule has 2 atom stereocenters. The van der Waals surface area contributed by atoms with Crippen molar-refractivity contribution in [2.45, 2.75) is 69.9 Å². The molecule has 0 aromatic heterocycles. The molecule has 0 spiro atoms. The molecular formula is C24H32FNO4. The van der Waals surface area contributed by atoms with E-state index in [1.54, 1.807) is 23.1 Å². The van der Waals surface area contributed by atoms with Crippen LogP contribution in [-0.4, -0.2) is 47.2 Å². The average Bonchev–Trinajstić information content (AvgIpc) is 3.37. The topological polar surface area (TPSA) is 66.8 Å². The van der Waals surface area contributed by atoms with Crippen molar-refractivity contribution in [1.29, 1.82) is 0 Å². The summed E-state index contributed by atoms with van der Waals surface area (Å²) in [6, 6.07) is 5.95. The third-order valence-electron chi connectivity index (χ3n) is 6.11. The van der Waals surface area contributed by atoms with E-state index in [-0.39, 0.29) is 30.3 Å². The van der Waals surface area contributed by atoms with E-state index in [2.05, 4.69) is 0 Å². The van der Waals surface area contributed by atoms with Gasteiger partial charge in [-0.05, 0) is 36.5 Å². The largest absolute Gasteiger partial charge is 0.464 e. The first-order valence-corrected chi connectivity index (χ1v) is 11.1. The van der Waals surface area contributed by atoms with Gasteiger partial charge in [0.15, 0.2) is 0 Å². The number of likely N-dealkylation sites (tertiary alicyclic amines) is 1. The fourth-order valence-electron chi connectivity index (χ4n) is 4.38. The van der Waals surface area contributed by atoms with Crippen molar-refractivity contribution in [3.05, 3.63) is 47.8 Å². The summed E-state index contributed by atoms with van der Waals surface area (Å²) < 4.78 is 18.3. The van der Waals surface area contributed by atoms with Crippen LogP contribution < -0.4 is 0 Å². The molecule has 0 unspecified atom stereocenters. The van der Waals surface area contributed by atoms with Gasteiger partial charge in [0, 0.05) is 19.3 Å². The summed E-state index contributed by atoms with van der Waals surface area (Å²) in [4.78, 5) is 25.8. The van der Waals surface area contributed by atoms with Crippen molar-refractivity contribution in [3.8, 4) is 0 Å². The van der Waals surface area contributed by atoms with Crippen LogP contribution in [0.4, 0.5) is 4.39 Å². The molecule has 1 heterocycles. The third kappa shape index (κ3) is 6.94. The van der Waals surface area contributed by atoms with Gasteiger partial charge in [0.2, 0.25) is 5.91 Å². The van der Waals surface area contributed by atoms with E-state index in [9.17, 15) is 19.1 Å². The highest BCUT2D eigenvalue weighted by Gasteiger charge is 2.29. The zero-order valence-electron chi connectivity index (χ0n) is 17.5. The van der Waals surface area contributed by atoms with Gasteiger partial charge in [-0.25, -0.2) is 4.39 Å². The van der Waals surface area contributed by atoms with Gasteiger partial charge in [0.25, 0.3) is 0 Å². The third-order valence-corrected chi connectivity index (χ3v) is 6.11. The van der Waals surface area contributed by atoms with E-state index in [4.69, 9.17) is 4.74 Å². The lowest BCUT2D eigenvalue weighted by molar-refractivity contribution is -0.145. The molecule has 1 aromatic carbocycles. The van der Waals surface area contributed by atoms with Crippen molar-refractivity contribution in [2.75, 3.05) is 13.2 Å². The first kappa shape index (κ1) is 22.5. The number of hydrogen-bond donors (Lipinski definition) is 1. The Morgan fingerprint density at radius 2 is 1.97 bits per heavy atom. The summed E-state index contributed by atoms with van der Waals surface area (Å²) in [5.74, 6) is 0.215. The minimum absolute atomic E-state index is 0.0414. The Morgan fingerprint density at radius 1 is 1.23 bits per heavy atom. The lowest BCUT2D eigenvalue weighted by Crippen LogP contribution is -2.35. The second-order valence-corrected chi connectivity index (χ2v) is 8.39. The van der Waals surface area contributed by atoms with Crippen LogP contribution in [0.3, 0.4) is 0 Å². The molecule has 30 heavy (non-hydrogen) atoms. The molecule has 1 aliphatic heterocycles. The Kier molecular flexibility index (Phi) is 8.43. The fraction of sp³-hybridized carbons (Fsp3) is 0.583. The molecule has 1 saturated carbocycles. The van der Waals surface area contributed by atoms with Gasteiger partial charge in [0.05, 0.1) is 18.7 Å². The number of esters is 1. The first-order valence-electron chi connectivity index (χ1n) is 11.1. The number of halogens is 1. The summed E-state index contributed by atoms with van der Waals surface area (Å²) in [7, 11) is 0. The quantitative estimate of drug-likeness (QED) is 0.465. The van der Waals surface area contributed by atoms with Crippen molar-refractivity contribution in [2.24, 2.45) is 5.92 Å². The Morgan fingerprint density at radius 3 is 2.70 bits per heavy atom. The molecule has 1 N–H and O–H groups in total. The van der Waals surface area contributed by atoms with Gasteiger partial charge >= 0.3 is 5.97 Å². The number of rotatable bonds is 10. The van der Waals surface area contributed by atoms with Gasteiger partial charge < -0.3 is 14.7 Å². The van der Waals surface area contributed by atoms with Gasteiger partial charge in [-0.1, -0.05) is 50.0 Å². The number of aliphatic hydroxyl groups is 1. The van der Waals surface area contributed by atoms with Gasteiger partial charge in [-0.2, -0.15) is 0 Å². The fourth-order valence-corrected chi connectivity index (χ4v) is 4.38. The molecule has 1 aliphatic carbocycles. The van der Waals surface area contributed by atoms with E-state index >= 15 is 0 Å². The van der Waals surface area contributed by atoms with Crippen LogP contribution in [0.5, 0.6) is 0 Å². The number of benzene rings is 1. The van der Waals surface area contributed by atoms with E-state index in [0.29, 0.717) is 38.1 Å². The minimum atomic E-state index is -0.707. The normalized spacial score (nSPS) is 20.9. The zero-order chi connectivity index (χ0) is 21.3. The number of hydrogen-bond acceptors (Lipinski definition) is 4. The lowest BCUT2D eigenvalue weighted by atomic mass is 10.0. The zero-order valence-corrected chi connectivity index (χ0v) is 17.5. The maximum absolute atomic E-state index is 13.0. The Hall–Kier alpha value is -2.21. The van der Waals surface area contributed by atoms with Crippen LogP contribution in [0.25, 0.3) is 0 Å². The highest BCUT2D eigenvalue weighted by molar-refractivity contribution is 5.79. The molecule has 1 saturated heterocycles. The van der Waals surface area contributed by atoms with Crippen LogP contribution in [-0.2, 0) is 20.7 Å². The molecule has 2 aliphatic rings. The maximum atomic E-state index is 13.0. The number of ether oxygens (including phenoxy) is 1. The number of carbonyl (C=O) groups excluding carboxylic acids is 2. The molecule has 0 radical (unpaired) electrons. The Balaban J connectivity index is 1.40. The summed E-state index contributed by atoms with van der Waals surface area (Å²) in [6.07, 6.45) is 10.7. The van der Waals surface area contributed by atoms with Crippen LogP contribution in [0.1, 0.15) is 56.9 Å². The smallest absolute Gasteiger partial charge is 0.305 e. The number of aliphatic hydroxyl groups excluding tert-OH is 1. The van der Waals surface area contributed by atoms with Crippen LogP contribution in [0.2, 0.25) is 0 Å². The molecule has 1 aromatic rings. The monoisotopic (exact) mass is 417 g/mol. The summed E-state index contributed by atoms with van der Waals surface area (Å²) in [5.41, 5.74) is 0.845. The first-order chi connectivity index (χ1) is 14.5. The van der Waals surface area contributed by atoms with Crippen LogP contribution >= 0.6 is 0 Å². The second-order valence-electron chi connectivity index (χ2n) is 8.39. The standard InChI is InChI=1S/C24H32FNO4/c25-20-8-5-19(6-9-20)17-22(27)12-10-21-11-13-23(28)26(21)15-16-30-24(29)14-7-18-3-1-2-4-18/h5-6,8-10,12,18,21-22,27H,1-4,7,11,13-17H2/t21-,22+/m0/s1. The highest BCUT2D eigenvalue weighted by atomic mass is 19.1. The number of carbonyl (C=O) groups is 2. The van der Waals surface area contributed by atoms with Crippen molar-refractivity contribution >= 4 is 11.9 Å². The van der Waals surface area contributed by atoms with Crippen molar-refractivity contribution in [1.82, 2.24) is 4.90 Å². The van der Waals surface area contributed by atoms with Gasteiger partial charge in [-0.3, -0.25) is 9.59 Å². The number of nitrogens with zero attached hydrogens (tertiary/aromatic N) is 1. The summed E-state index contributed by atoms with van der Waals surface area (Å²) in [5, 5.41) is 10.2. The van der Waals surface area contributed by atoms with Crippen molar-refractivity contribution < 1.29 is 23.8 Å². The predicted molar refractivity (Wildman–Crippen MR) is 112 cm³/mol. The lowest BCUT2D eigenvalue weighted by Gasteiger charge is -2.22. The van der Waals surface area contributed by atoms with E-state index in [0.717, 1.165) is 12.0 Å². The van der Waals surface area contributed by atoms with Crippen LogP contribution in [0.15, 0.2) is 36.4 Å². The Bertz CT molecular complexity index is 727. The molecule has 6 heteroatoms. The molecule has 164 valence electrons. The van der Waals surface area contributed by atoms with Gasteiger partial charge in [-0.15, -0.1) is 0 Å². The minimum Gasteiger partial charge on any atom is -0.464 e. The maximum Gasteiger partial charge on any atom is 0.305 e. The second kappa shape index (κ2) is 11.3. The molecule has 2 fully saturated rings. The summed E-state index contributed by atoms with van der Waals surface area (Å²) in [6.45, 7) is 0.578. The summed E-state index contributed by atoms with van der Waals surface area (Å²) >= 11 is 0. The molecule has 0 bridgehead atoms. The SMILES string of the molecule is O=C(CCC1CCCC1)OCCN1C(=O)CC[C@@H]1C=C[C@@H](O)Cc1ccc(F)cc1. The van der Waals surface area contributed by atoms with Crippen molar-refractivity contribution in [3.63, 3.8) is 0 Å². The Labute approximate surface area is 177 Å². The van der Waals surface area contributed by atoms with E-state index in [1.165, 1.54) is 37.8 Å². The molecular weight excluding hydrogens is 385 g/mol. The van der Waals surface area contributed by atoms with E-state index < -0.39 is 6.10 Å². The average molecular weight is 418 g/mol. The van der Waals surface area contributed by atoms with Crippen LogP contribution in [0, 0.1) is 11.7 Å². The predicted octanol–water partition coefficient (Wildman–Crippen LogP) is 3.79. The molecule has 1 amide bonds. The highest BCUT2D eigenvalue weighted by Crippen LogP contribution is 2.28. The molecule has 5 nitrogen and oxygen atoms in total. The van der Waals surface area contributed by atoms with Gasteiger partial charge in [0.1, 0.15) is 12.4 Å². The van der Waals surface area contributed by atoms with E-state index in [1.807, 2.05) is 6.08 Å². The molecule has 3 rings (SSSR count). The number of amides is 1.